The van der Waals surface area contributed by atoms with Crippen molar-refractivity contribution in [2.75, 3.05) is 0 Å². The lowest BCUT2D eigenvalue weighted by Crippen LogP contribution is -2.02. The van der Waals surface area contributed by atoms with Crippen LogP contribution >= 0.6 is 11.3 Å². The van der Waals surface area contributed by atoms with E-state index in [4.69, 9.17) is 9.97 Å². The van der Waals surface area contributed by atoms with Crippen molar-refractivity contribution < 1.29 is 0 Å². The topological polar surface area (TPSA) is 30.7 Å². The van der Waals surface area contributed by atoms with Crippen LogP contribution in [0.2, 0.25) is 0 Å². The lowest BCUT2D eigenvalue weighted by molar-refractivity contribution is 0.978. The summed E-state index contributed by atoms with van der Waals surface area (Å²) in [6, 6.07) is 69.8. The Balaban J connectivity index is 1.02. The van der Waals surface area contributed by atoms with Crippen molar-refractivity contribution in [3.63, 3.8) is 0 Å². The highest BCUT2D eigenvalue weighted by atomic mass is 32.1. The van der Waals surface area contributed by atoms with E-state index >= 15 is 0 Å². The van der Waals surface area contributed by atoms with E-state index in [1.165, 1.54) is 75.4 Å². The lowest BCUT2D eigenvalue weighted by atomic mass is 9.91. The van der Waals surface area contributed by atoms with Crippen molar-refractivity contribution in [3.8, 4) is 50.5 Å². The van der Waals surface area contributed by atoms with Crippen LogP contribution < -0.4 is 0 Å². The van der Waals surface area contributed by atoms with E-state index in [2.05, 4.69) is 206 Å². The van der Waals surface area contributed by atoms with Crippen molar-refractivity contribution in [1.29, 1.82) is 0 Å². The van der Waals surface area contributed by atoms with Gasteiger partial charge in [-0.25, -0.2) is 9.97 Å². The molecule has 3 nitrogen and oxygen atoms in total. The number of aryl methyl sites for hydroxylation is 1. The summed E-state index contributed by atoms with van der Waals surface area (Å²) < 4.78 is 4.92. The van der Waals surface area contributed by atoms with Crippen molar-refractivity contribution in [1.82, 2.24) is 14.5 Å². The van der Waals surface area contributed by atoms with Crippen LogP contribution in [0.15, 0.2) is 194 Å². The highest BCUT2D eigenvalue weighted by Gasteiger charge is 2.18. The molecule has 3 heterocycles. The summed E-state index contributed by atoms with van der Waals surface area (Å²) in [7, 11) is 0. The first-order valence-corrected chi connectivity index (χ1v) is 20.6. The quantitative estimate of drug-likeness (QED) is 0.162. The minimum atomic E-state index is 0.596. The summed E-state index contributed by atoms with van der Waals surface area (Å²) in [5.41, 5.74) is 14.9. The molecule has 8 aromatic carbocycles. The van der Waals surface area contributed by atoms with Crippen LogP contribution in [0.5, 0.6) is 0 Å². The number of hydrogen-bond acceptors (Lipinski definition) is 3. The molecule has 0 bridgehead atoms. The molecular formula is C54H37N3S. The first-order chi connectivity index (χ1) is 28.7. The number of para-hydroxylation sites is 2. The van der Waals surface area contributed by atoms with E-state index < -0.39 is 0 Å². The van der Waals surface area contributed by atoms with Crippen molar-refractivity contribution >= 4 is 53.3 Å². The summed E-state index contributed by atoms with van der Waals surface area (Å²) in [5, 5.41) is 5.02. The maximum absolute atomic E-state index is 5.35. The van der Waals surface area contributed by atoms with Gasteiger partial charge < -0.3 is 4.57 Å². The average Bonchev–Trinajstić information content (AvgIpc) is 3.83. The molecule has 0 amide bonds. The van der Waals surface area contributed by atoms with Crippen molar-refractivity contribution in [2.24, 2.45) is 0 Å². The van der Waals surface area contributed by atoms with E-state index in [0.29, 0.717) is 6.42 Å². The van der Waals surface area contributed by atoms with Crippen LogP contribution in [-0.4, -0.2) is 14.5 Å². The van der Waals surface area contributed by atoms with Gasteiger partial charge in [0.1, 0.15) is 5.82 Å². The molecule has 3 aromatic heterocycles. The number of aromatic nitrogens is 3. The monoisotopic (exact) mass is 759 g/mol. The molecule has 0 aliphatic rings. The Kier molecular flexibility index (Phi) is 8.30. The van der Waals surface area contributed by atoms with Gasteiger partial charge in [-0.3, -0.25) is 0 Å². The highest BCUT2D eigenvalue weighted by molar-refractivity contribution is 7.25. The van der Waals surface area contributed by atoms with Gasteiger partial charge in [-0.05, 0) is 94.9 Å². The van der Waals surface area contributed by atoms with Gasteiger partial charge in [-0.15, -0.1) is 11.3 Å². The molecule has 0 saturated carbocycles. The number of benzene rings is 8. The van der Waals surface area contributed by atoms with Gasteiger partial charge in [-0.1, -0.05) is 140 Å². The first-order valence-electron chi connectivity index (χ1n) is 19.8. The van der Waals surface area contributed by atoms with Crippen LogP contribution in [0, 0.1) is 6.92 Å². The molecule has 11 aromatic rings. The predicted octanol–water partition coefficient (Wildman–Crippen LogP) is 14.5. The largest absolute Gasteiger partial charge is 0.309 e. The second-order valence-corrected chi connectivity index (χ2v) is 16.1. The lowest BCUT2D eigenvalue weighted by Gasteiger charge is -2.15. The maximum atomic E-state index is 5.35. The number of rotatable bonds is 7. The molecule has 0 spiro atoms. The fourth-order valence-corrected chi connectivity index (χ4v) is 9.80. The van der Waals surface area contributed by atoms with E-state index in [9.17, 15) is 0 Å². The maximum Gasteiger partial charge on any atom is 0.134 e. The molecule has 0 N–H and O–H groups in total. The van der Waals surface area contributed by atoms with Crippen LogP contribution in [0.1, 0.15) is 17.0 Å². The van der Waals surface area contributed by atoms with Crippen molar-refractivity contribution in [3.05, 3.63) is 211 Å². The molecule has 0 unspecified atom stereocenters. The Labute approximate surface area is 341 Å². The molecule has 0 atom stereocenters. The third-order valence-electron chi connectivity index (χ3n) is 11.4. The van der Waals surface area contributed by atoms with Gasteiger partial charge in [0.2, 0.25) is 0 Å². The normalized spacial score (nSPS) is 11.6. The Bertz CT molecular complexity index is 3320. The predicted molar refractivity (Wildman–Crippen MR) is 245 cm³/mol. The van der Waals surface area contributed by atoms with Gasteiger partial charge in [0.15, 0.2) is 0 Å². The van der Waals surface area contributed by atoms with Crippen LogP contribution in [0.3, 0.4) is 0 Å². The Morgan fingerprint density at radius 1 is 0.448 bits per heavy atom. The smallest absolute Gasteiger partial charge is 0.134 e. The van der Waals surface area contributed by atoms with Gasteiger partial charge in [0.05, 0.1) is 22.4 Å². The van der Waals surface area contributed by atoms with E-state index in [0.717, 1.165) is 34.0 Å². The van der Waals surface area contributed by atoms with Gasteiger partial charge >= 0.3 is 0 Å². The zero-order chi connectivity index (χ0) is 38.6. The number of fused-ring (bicyclic) bond motifs is 6. The summed E-state index contributed by atoms with van der Waals surface area (Å²) in [4.78, 5) is 10.6. The Morgan fingerprint density at radius 2 is 1.10 bits per heavy atom. The molecule has 0 aliphatic carbocycles. The minimum absolute atomic E-state index is 0.596. The Hall–Kier alpha value is -7.14. The Morgan fingerprint density at radius 3 is 1.98 bits per heavy atom. The summed E-state index contributed by atoms with van der Waals surface area (Å²) in [6.45, 7) is 2.21. The summed E-state index contributed by atoms with van der Waals surface area (Å²) >= 11 is 1.83. The fourth-order valence-electron chi connectivity index (χ4n) is 8.67. The third kappa shape index (κ3) is 5.89. The zero-order valence-electron chi connectivity index (χ0n) is 31.9. The SMILES string of the molecule is Cc1ccc(-c2ccc3c(c2)c2ccccc2n3-c2ccccc2)cc1-c1ccccc1Cc1nc(-c2ccccc2)cc(-c2cccc3sc4ccccc4c23)n1. The van der Waals surface area contributed by atoms with E-state index in [1.807, 2.05) is 11.3 Å². The number of nitrogens with zero attached hydrogens (tertiary/aromatic N) is 3. The average molecular weight is 760 g/mol. The molecule has 58 heavy (non-hydrogen) atoms. The van der Waals surface area contributed by atoms with Gasteiger partial charge in [0.25, 0.3) is 0 Å². The second-order valence-electron chi connectivity index (χ2n) is 15.0. The van der Waals surface area contributed by atoms with Crippen LogP contribution in [0.25, 0.3) is 92.4 Å². The molecule has 0 radical (unpaired) electrons. The molecule has 274 valence electrons. The van der Waals surface area contributed by atoms with Crippen LogP contribution in [-0.2, 0) is 6.42 Å². The molecular weight excluding hydrogens is 723 g/mol. The molecule has 0 aliphatic heterocycles. The van der Waals surface area contributed by atoms with Gasteiger partial charge in [0, 0.05) is 54.2 Å². The number of hydrogen-bond donors (Lipinski definition) is 0. The van der Waals surface area contributed by atoms with E-state index in [-0.39, 0.29) is 0 Å². The van der Waals surface area contributed by atoms with Gasteiger partial charge in [-0.2, -0.15) is 0 Å². The van der Waals surface area contributed by atoms with Crippen molar-refractivity contribution in [2.45, 2.75) is 13.3 Å². The third-order valence-corrected chi connectivity index (χ3v) is 12.6. The molecule has 0 saturated heterocycles. The van der Waals surface area contributed by atoms with E-state index in [1.54, 1.807) is 0 Å². The summed E-state index contributed by atoms with van der Waals surface area (Å²) in [6.07, 6.45) is 0.596. The fraction of sp³-hybridized carbons (Fsp3) is 0.0370. The standard InChI is InChI=1S/C54H37N3S/c1-35-27-28-37(38-29-30-50-46(32-38)42-21-10-12-24-49(42)57(50)40-18-6-3-7-19-40)31-45(35)41-20-9-8-17-39(41)33-53-55-47(36-15-4-2-5-16-36)34-48(56-53)43-23-14-26-52-54(43)44-22-11-13-25-51(44)58-52/h2-32,34H,33H2,1H3. The minimum Gasteiger partial charge on any atom is -0.309 e. The number of thiophene rings is 1. The first kappa shape index (κ1) is 34.1. The summed E-state index contributed by atoms with van der Waals surface area (Å²) in [5.74, 6) is 0.800. The second kappa shape index (κ2) is 14.1. The molecule has 11 rings (SSSR count). The molecule has 0 fully saturated rings. The molecule has 4 heteroatoms. The van der Waals surface area contributed by atoms with Crippen LogP contribution in [0.4, 0.5) is 0 Å². The zero-order valence-corrected chi connectivity index (χ0v) is 32.7. The highest BCUT2D eigenvalue weighted by Crippen LogP contribution is 2.41.